The first-order valence-electron chi connectivity index (χ1n) is 13.1. The van der Waals surface area contributed by atoms with Gasteiger partial charge in [0.05, 0.1) is 24.6 Å². The fourth-order valence-corrected chi connectivity index (χ4v) is 5.47. The monoisotopic (exact) mass is 522 g/mol. The van der Waals surface area contributed by atoms with Crippen molar-refractivity contribution < 1.29 is 19.1 Å². The van der Waals surface area contributed by atoms with Gasteiger partial charge in [-0.05, 0) is 61.3 Å². The molecule has 6 nitrogen and oxygen atoms in total. The van der Waals surface area contributed by atoms with Crippen molar-refractivity contribution in [3.8, 4) is 11.1 Å². The predicted molar refractivity (Wildman–Crippen MR) is 145 cm³/mol. The van der Waals surface area contributed by atoms with Crippen molar-refractivity contribution in [1.29, 1.82) is 0 Å². The van der Waals surface area contributed by atoms with E-state index in [4.69, 9.17) is 16.3 Å². The van der Waals surface area contributed by atoms with Crippen LogP contribution in [0.2, 0.25) is 0 Å². The molecule has 0 aliphatic carbocycles. The third-order valence-electron chi connectivity index (χ3n) is 7.34. The van der Waals surface area contributed by atoms with Gasteiger partial charge in [-0.25, -0.2) is 0 Å². The van der Waals surface area contributed by atoms with Gasteiger partial charge in [0.1, 0.15) is 5.78 Å². The van der Waals surface area contributed by atoms with Crippen LogP contribution >= 0.6 is 11.6 Å². The molecule has 196 valence electrons. The second-order valence-corrected chi connectivity index (χ2v) is 10.1. The number of carbonyl (C=O) groups excluding carboxylic acids is 3. The smallest absolute Gasteiger partial charge is 0.251 e. The lowest BCUT2D eigenvalue weighted by molar-refractivity contribution is -0.120. The van der Waals surface area contributed by atoms with Crippen LogP contribution in [-0.2, 0) is 14.3 Å². The highest BCUT2D eigenvalue weighted by molar-refractivity contribution is 6.27. The number of halogens is 1. The number of fused-ring (bicyclic) bond motifs is 2. The van der Waals surface area contributed by atoms with E-state index in [0.717, 1.165) is 43.2 Å². The Morgan fingerprint density at radius 3 is 2.32 bits per heavy atom. The highest BCUT2D eigenvalue weighted by Gasteiger charge is 2.47. The van der Waals surface area contributed by atoms with E-state index in [1.165, 1.54) is 0 Å². The number of rotatable bonds is 13. The van der Waals surface area contributed by atoms with Crippen LogP contribution in [-0.4, -0.2) is 48.8 Å². The number of amides is 2. The van der Waals surface area contributed by atoms with Crippen molar-refractivity contribution in [3.63, 3.8) is 0 Å². The van der Waals surface area contributed by atoms with E-state index in [9.17, 15) is 14.4 Å². The maximum Gasteiger partial charge on any atom is 0.251 e. The molecule has 4 rings (SSSR count). The summed E-state index contributed by atoms with van der Waals surface area (Å²) in [6.45, 7) is 0.483. The van der Waals surface area contributed by atoms with Crippen molar-refractivity contribution in [2.75, 3.05) is 19.0 Å². The molecule has 7 heteroatoms. The summed E-state index contributed by atoms with van der Waals surface area (Å²) in [5, 5.41) is 5.72. The summed E-state index contributed by atoms with van der Waals surface area (Å²) >= 11 is 5.54. The Morgan fingerprint density at radius 2 is 1.59 bits per heavy atom. The SMILES string of the molecule is O=C(CCl)CCCC=CC[C@@H]1[C@H](CNC(=O)CNC(=O)c2ccc(-c3ccccc3)cc2)[C@@H]2CC[C@H]1O2. The summed E-state index contributed by atoms with van der Waals surface area (Å²) in [5.41, 5.74) is 2.65. The lowest BCUT2D eigenvalue weighted by atomic mass is 9.77. The van der Waals surface area contributed by atoms with Gasteiger partial charge in [-0.3, -0.25) is 14.4 Å². The van der Waals surface area contributed by atoms with Crippen LogP contribution in [0.25, 0.3) is 11.1 Å². The second-order valence-electron chi connectivity index (χ2n) is 9.82. The fraction of sp³-hybridized carbons (Fsp3) is 0.433. The van der Waals surface area contributed by atoms with E-state index in [1.807, 2.05) is 42.5 Å². The second kappa shape index (κ2) is 13.5. The van der Waals surface area contributed by atoms with Gasteiger partial charge in [0.2, 0.25) is 5.91 Å². The highest BCUT2D eigenvalue weighted by atomic mass is 35.5. The molecule has 37 heavy (non-hydrogen) atoms. The van der Waals surface area contributed by atoms with Crippen molar-refractivity contribution in [2.45, 2.75) is 50.7 Å². The van der Waals surface area contributed by atoms with Gasteiger partial charge in [0.25, 0.3) is 5.91 Å². The Kier molecular flexibility index (Phi) is 9.92. The van der Waals surface area contributed by atoms with E-state index in [0.29, 0.717) is 24.4 Å². The maximum absolute atomic E-state index is 12.5. The zero-order valence-electron chi connectivity index (χ0n) is 21.0. The summed E-state index contributed by atoms with van der Waals surface area (Å²) in [6.07, 6.45) is 9.94. The molecule has 0 radical (unpaired) electrons. The van der Waals surface area contributed by atoms with E-state index < -0.39 is 0 Å². The molecule has 0 unspecified atom stereocenters. The third-order valence-corrected chi connectivity index (χ3v) is 7.64. The highest BCUT2D eigenvalue weighted by Crippen LogP contribution is 2.44. The first-order valence-corrected chi connectivity index (χ1v) is 13.7. The molecule has 0 saturated carbocycles. The maximum atomic E-state index is 12.5. The van der Waals surface area contributed by atoms with Crippen LogP contribution in [0.5, 0.6) is 0 Å². The van der Waals surface area contributed by atoms with Gasteiger partial charge in [-0.15, -0.1) is 11.6 Å². The van der Waals surface area contributed by atoms with Gasteiger partial charge in [0.15, 0.2) is 0 Å². The number of benzene rings is 2. The molecule has 2 aromatic carbocycles. The van der Waals surface area contributed by atoms with E-state index in [2.05, 4.69) is 22.8 Å². The average Bonchev–Trinajstić information content (AvgIpc) is 3.55. The van der Waals surface area contributed by atoms with Gasteiger partial charge in [0, 0.05) is 24.4 Å². The number of Topliss-reactive ketones (excluding diaryl/α,β-unsaturated/α-hetero) is 1. The summed E-state index contributed by atoms with van der Waals surface area (Å²) in [5.74, 6) is 0.350. The van der Waals surface area contributed by atoms with Crippen molar-refractivity contribution in [2.24, 2.45) is 11.8 Å². The Balaban J connectivity index is 1.19. The minimum absolute atomic E-state index is 0.0630. The number of nitrogens with one attached hydrogen (secondary N) is 2. The van der Waals surface area contributed by atoms with Crippen molar-refractivity contribution in [3.05, 3.63) is 72.3 Å². The quantitative estimate of drug-likeness (QED) is 0.222. The molecule has 2 N–H and O–H groups in total. The Labute approximate surface area is 223 Å². The van der Waals surface area contributed by atoms with Crippen LogP contribution in [0.1, 0.15) is 48.9 Å². The van der Waals surface area contributed by atoms with Gasteiger partial charge in [-0.2, -0.15) is 0 Å². The van der Waals surface area contributed by atoms with E-state index in [1.54, 1.807) is 12.1 Å². The zero-order valence-corrected chi connectivity index (χ0v) is 21.8. The lowest BCUT2D eigenvalue weighted by Crippen LogP contribution is -2.42. The molecule has 2 aliphatic heterocycles. The number of ketones is 1. The minimum Gasteiger partial charge on any atom is -0.374 e. The number of carbonyl (C=O) groups is 3. The van der Waals surface area contributed by atoms with Crippen LogP contribution in [0.15, 0.2) is 66.7 Å². The summed E-state index contributed by atoms with van der Waals surface area (Å²) < 4.78 is 6.14. The summed E-state index contributed by atoms with van der Waals surface area (Å²) in [6, 6.07) is 17.3. The molecule has 2 heterocycles. The number of ether oxygens (including phenoxy) is 1. The predicted octanol–water partition coefficient (Wildman–Crippen LogP) is 4.92. The third kappa shape index (κ3) is 7.53. The summed E-state index contributed by atoms with van der Waals surface area (Å²) in [4.78, 5) is 36.3. The number of alkyl halides is 1. The summed E-state index contributed by atoms with van der Waals surface area (Å²) in [7, 11) is 0. The van der Waals surface area contributed by atoms with Gasteiger partial charge in [-0.1, -0.05) is 54.6 Å². The molecular formula is C30H35ClN2O4. The Morgan fingerprint density at radius 1 is 0.892 bits per heavy atom. The van der Waals surface area contributed by atoms with Crippen LogP contribution in [0, 0.1) is 11.8 Å². The molecule has 2 saturated heterocycles. The zero-order chi connectivity index (χ0) is 26.0. The van der Waals surface area contributed by atoms with Crippen LogP contribution in [0.3, 0.4) is 0 Å². The lowest BCUT2D eigenvalue weighted by Gasteiger charge is -2.27. The molecule has 0 aromatic heterocycles. The molecule has 2 aliphatic rings. The van der Waals surface area contributed by atoms with Gasteiger partial charge < -0.3 is 15.4 Å². The van der Waals surface area contributed by atoms with Crippen molar-refractivity contribution in [1.82, 2.24) is 10.6 Å². The Hall–Kier alpha value is -2.96. The molecule has 2 aromatic rings. The number of hydrogen-bond donors (Lipinski definition) is 2. The van der Waals surface area contributed by atoms with Gasteiger partial charge >= 0.3 is 0 Å². The minimum atomic E-state index is -0.270. The molecule has 0 spiro atoms. The Bertz CT molecular complexity index is 1090. The molecular weight excluding hydrogens is 488 g/mol. The molecule has 2 bridgehead atoms. The van der Waals surface area contributed by atoms with E-state index >= 15 is 0 Å². The number of unbranched alkanes of at least 4 members (excludes halogenated alkanes) is 1. The first-order chi connectivity index (χ1) is 18.0. The van der Waals surface area contributed by atoms with Crippen molar-refractivity contribution >= 4 is 29.2 Å². The molecule has 2 fully saturated rings. The molecule has 4 atom stereocenters. The molecule has 2 amide bonds. The standard InChI is InChI=1S/C30H35ClN2O4/c31-18-24(34)10-6-1-2-7-11-25-26(28-17-16-27(25)37-28)19-32-29(35)20-33-30(36)23-14-12-22(13-15-23)21-8-4-3-5-9-21/h2-5,7-9,12-15,25-28H,1,6,10-11,16-20H2,(H,32,35)(H,33,36)/t25-,26+,27-,28+/m1/s1. The van der Waals surface area contributed by atoms with E-state index in [-0.39, 0.29) is 48.1 Å². The largest absolute Gasteiger partial charge is 0.374 e. The first kappa shape index (κ1) is 27.1. The number of allylic oxidation sites excluding steroid dienone is 2. The van der Waals surface area contributed by atoms with Crippen LogP contribution in [0.4, 0.5) is 0 Å². The average molecular weight is 523 g/mol. The fourth-order valence-electron chi connectivity index (χ4n) is 5.34. The normalized spacial score (nSPS) is 22.3. The van der Waals surface area contributed by atoms with Crippen LogP contribution < -0.4 is 10.6 Å². The topological polar surface area (TPSA) is 84.5 Å². The number of hydrogen-bond acceptors (Lipinski definition) is 4.